The van der Waals surface area contributed by atoms with Crippen molar-refractivity contribution >= 4 is 5.91 Å². The number of hydrogen-bond acceptors (Lipinski definition) is 3. The number of halogens is 1. The number of aromatic nitrogens is 2. The van der Waals surface area contributed by atoms with Gasteiger partial charge in [0.05, 0.1) is 6.04 Å². The van der Waals surface area contributed by atoms with Crippen LogP contribution in [0.25, 0.3) is 5.82 Å². The maximum atomic E-state index is 14.3. The number of benzene rings is 1. The highest BCUT2D eigenvalue weighted by molar-refractivity contribution is 5.77. The molecule has 1 aliphatic rings. The quantitative estimate of drug-likeness (QED) is 0.715. The molecule has 6 heteroatoms. The average Bonchev–Trinajstić information content (AvgIpc) is 3.16. The molecule has 0 aliphatic carbocycles. The Hall–Kier alpha value is -2.99. The first-order chi connectivity index (χ1) is 13.6. The standard InChI is InChI=1S/C22H23FN4O/c1-15-6-4-12-24-22(15)27-13-5-7-16(27)14-25-19-10-11-20(28)26-21(19)17-8-2-3-9-18(17)23/h2-9,12-13,19,21,25H,10-11,14H2,1H3,(H,26,28)/t19-,21+/m1/s1. The second-order valence-electron chi connectivity index (χ2n) is 7.11. The molecule has 5 nitrogen and oxygen atoms in total. The number of nitrogens with one attached hydrogen (secondary N) is 2. The second-order valence-corrected chi connectivity index (χ2v) is 7.11. The van der Waals surface area contributed by atoms with Crippen LogP contribution in [0.2, 0.25) is 0 Å². The zero-order valence-electron chi connectivity index (χ0n) is 15.7. The number of hydrogen-bond donors (Lipinski definition) is 2. The zero-order valence-corrected chi connectivity index (χ0v) is 15.7. The maximum absolute atomic E-state index is 14.3. The monoisotopic (exact) mass is 378 g/mol. The Morgan fingerprint density at radius 2 is 2.07 bits per heavy atom. The number of aryl methyl sites for hydroxylation is 1. The fourth-order valence-corrected chi connectivity index (χ4v) is 3.77. The van der Waals surface area contributed by atoms with E-state index >= 15 is 0 Å². The maximum Gasteiger partial charge on any atom is 0.220 e. The molecule has 1 aliphatic heterocycles. The summed E-state index contributed by atoms with van der Waals surface area (Å²) >= 11 is 0. The predicted octanol–water partition coefficient (Wildman–Crippen LogP) is 3.43. The molecule has 2 aromatic heterocycles. The number of nitrogens with zero attached hydrogens (tertiary/aromatic N) is 2. The summed E-state index contributed by atoms with van der Waals surface area (Å²) < 4.78 is 16.4. The lowest BCUT2D eigenvalue weighted by atomic mass is 9.91. The molecule has 4 rings (SSSR count). The number of rotatable bonds is 5. The van der Waals surface area contributed by atoms with Crippen molar-refractivity contribution in [1.82, 2.24) is 20.2 Å². The van der Waals surface area contributed by atoms with Gasteiger partial charge in [0.1, 0.15) is 11.6 Å². The minimum absolute atomic E-state index is 0.0428. The molecule has 0 saturated carbocycles. The minimum atomic E-state index is -0.387. The van der Waals surface area contributed by atoms with E-state index in [2.05, 4.69) is 20.2 Å². The fraction of sp³-hybridized carbons (Fsp3) is 0.273. The SMILES string of the molecule is Cc1cccnc1-n1cccc1CN[C@@H]1CCC(=O)N[C@H]1c1ccccc1F. The molecule has 1 saturated heterocycles. The van der Waals surface area contributed by atoms with Crippen LogP contribution in [0.5, 0.6) is 0 Å². The summed E-state index contributed by atoms with van der Waals surface area (Å²) in [6.45, 7) is 2.62. The Morgan fingerprint density at radius 1 is 1.21 bits per heavy atom. The highest BCUT2D eigenvalue weighted by atomic mass is 19.1. The van der Waals surface area contributed by atoms with Crippen LogP contribution >= 0.6 is 0 Å². The summed E-state index contributed by atoms with van der Waals surface area (Å²) in [6.07, 6.45) is 4.87. The van der Waals surface area contributed by atoms with Crippen LogP contribution in [0.4, 0.5) is 4.39 Å². The summed E-state index contributed by atoms with van der Waals surface area (Å²) in [5.74, 6) is 0.555. The van der Waals surface area contributed by atoms with Crippen molar-refractivity contribution in [3.05, 3.63) is 83.6 Å². The molecule has 144 valence electrons. The van der Waals surface area contributed by atoms with Crippen LogP contribution in [0.1, 0.15) is 35.7 Å². The van der Waals surface area contributed by atoms with Gasteiger partial charge in [-0.2, -0.15) is 0 Å². The van der Waals surface area contributed by atoms with Gasteiger partial charge in [-0.25, -0.2) is 9.37 Å². The topological polar surface area (TPSA) is 59.0 Å². The van der Waals surface area contributed by atoms with E-state index in [4.69, 9.17) is 0 Å². The molecule has 1 amide bonds. The lowest BCUT2D eigenvalue weighted by Crippen LogP contribution is -2.48. The van der Waals surface area contributed by atoms with Crippen LogP contribution in [0, 0.1) is 12.7 Å². The highest BCUT2D eigenvalue weighted by Crippen LogP contribution is 2.26. The molecule has 0 radical (unpaired) electrons. The molecule has 0 spiro atoms. The van der Waals surface area contributed by atoms with E-state index < -0.39 is 0 Å². The van der Waals surface area contributed by atoms with E-state index in [1.807, 2.05) is 37.4 Å². The molecule has 1 fully saturated rings. The van der Waals surface area contributed by atoms with Gasteiger partial charge in [0.25, 0.3) is 0 Å². The Bertz CT molecular complexity index is 984. The van der Waals surface area contributed by atoms with Gasteiger partial charge in [-0.05, 0) is 43.2 Å². The van der Waals surface area contributed by atoms with Crippen molar-refractivity contribution in [2.75, 3.05) is 0 Å². The number of amides is 1. The first-order valence-electron chi connectivity index (χ1n) is 9.49. The number of carbonyl (C=O) groups excluding carboxylic acids is 1. The van der Waals surface area contributed by atoms with Crippen molar-refractivity contribution in [2.45, 2.75) is 38.4 Å². The third-order valence-electron chi connectivity index (χ3n) is 5.23. The Kier molecular flexibility index (Phi) is 5.21. The largest absolute Gasteiger partial charge is 0.348 e. The number of carbonyl (C=O) groups is 1. The van der Waals surface area contributed by atoms with E-state index in [1.54, 1.807) is 24.4 Å². The molecule has 0 unspecified atom stereocenters. The first-order valence-corrected chi connectivity index (χ1v) is 9.49. The molecule has 2 N–H and O–H groups in total. The molecule has 2 atom stereocenters. The fourth-order valence-electron chi connectivity index (χ4n) is 3.77. The van der Waals surface area contributed by atoms with Crippen LogP contribution in [-0.2, 0) is 11.3 Å². The van der Waals surface area contributed by atoms with Gasteiger partial charge in [-0.15, -0.1) is 0 Å². The molecule has 28 heavy (non-hydrogen) atoms. The molecule has 3 heterocycles. The summed E-state index contributed by atoms with van der Waals surface area (Å²) in [5, 5.41) is 6.47. The third-order valence-corrected chi connectivity index (χ3v) is 5.23. The van der Waals surface area contributed by atoms with Crippen molar-refractivity contribution in [3.8, 4) is 5.82 Å². The van der Waals surface area contributed by atoms with Crippen molar-refractivity contribution in [1.29, 1.82) is 0 Å². The van der Waals surface area contributed by atoms with E-state index in [0.29, 0.717) is 24.9 Å². The zero-order chi connectivity index (χ0) is 19.5. The van der Waals surface area contributed by atoms with Crippen LogP contribution in [-0.4, -0.2) is 21.5 Å². The summed E-state index contributed by atoms with van der Waals surface area (Å²) in [7, 11) is 0. The van der Waals surface area contributed by atoms with Gasteiger partial charge in [0.2, 0.25) is 5.91 Å². The lowest BCUT2D eigenvalue weighted by molar-refractivity contribution is -0.123. The second kappa shape index (κ2) is 7.94. The van der Waals surface area contributed by atoms with Gasteiger partial charge >= 0.3 is 0 Å². The van der Waals surface area contributed by atoms with Gasteiger partial charge in [0, 0.05) is 42.7 Å². The van der Waals surface area contributed by atoms with E-state index in [-0.39, 0.29) is 23.8 Å². The molecular formula is C22H23FN4O. The van der Waals surface area contributed by atoms with E-state index in [1.165, 1.54) is 6.07 Å². The van der Waals surface area contributed by atoms with Gasteiger partial charge in [0.15, 0.2) is 0 Å². The Labute approximate surface area is 163 Å². The minimum Gasteiger partial charge on any atom is -0.348 e. The lowest BCUT2D eigenvalue weighted by Gasteiger charge is -2.33. The molecule has 1 aromatic carbocycles. The van der Waals surface area contributed by atoms with Crippen molar-refractivity contribution < 1.29 is 9.18 Å². The van der Waals surface area contributed by atoms with Gasteiger partial charge < -0.3 is 15.2 Å². The summed E-state index contributed by atoms with van der Waals surface area (Å²) in [6, 6.07) is 14.2. The van der Waals surface area contributed by atoms with Crippen LogP contribution in [0.3, 0.4) is 0 Å². The molecule has 3 aromatic rings. The van der Waals surface area contributed by atoms with Gasteiger partial charge in [-0.1, -0.05) is 24.3 Å². The molecular weight excluding hydrogens is 355 g/mol. The van der Waals surface area contributed by atoms with Crippen molar-refractivity contribution in [3.63, 3.8) is 0 Å². The van der Waals surface area contributed by atoms with E-state index in [9.17, 15) is 9.18 Å². The summed E-state index contributed by atoms with van der Waals surface area (Å²) in [5.41, 5.74) is 2.67. The number of piperidine rings is 1. The Morgan fingerprint density at radius 3 is 2.89 bits per heavy atom. The normalized spacial score (nSPS) is 19.4. The van der Waals surface area contributed by atoms with Crippen molar-refractivity contribution in [2.24, 2.45) is 0 Å². The molecule has 0 bridgehead atoms. The predicted molar refractivity (Wildman–Crippen MR) is 105 cm³/mol. The third kappa shape index (κ3) is 3.68. The van der Waals surface area contributed by atoms with Crippen LogP contribution in [0.15, 0.2) is 60.9 Å². The highest BCUT2D eigenvalue weighted by Gasteiger charge is 2.31. The first kappa shape index (κ1) is 18.4. The van der Waals surface area contributed by atoms with Gasteiger partial charge in [-0.3, -0.25) is 4.79 Å². The smallest absolute Gasteiger partial charge is 0.220 e. The van der Waals surface area contributed by atoms with E-state index in [0.717, 1.165) is 17.1 Å². The Balaban J connectivity index is 1.54. The summed E-state index contributed by atoms with van der Waals surface area (Å²) in [4.78, 5) is 16.4. The van der Waals surface area contributed by atoms with Crippen LogP contribution < -0.4 is 10.6 Å². The number of pyridine rings is 1. The average molecular weight is 378 g/mol.